The number of thiazole rings is 2. The molecule has 0 fully saturated rings. The molecule has 0 saturated heterocycles. The molecule has 11 heteroatoms. The van der Waals surface area contributed by atoms with Gasteiger partial charge in [0, 0.05) is 33.5 Å². The monoisotopic (exact) mass is 486 g/mol. The van der Waals surface area contributed by atoms with Crippen LogP contribution in [0.5, 0.6) is 0 Å². The summed E-state index contributed by atoms with van der Waals surface area (Å²) in [6.45, 7) is 4.32. The summed E-state index contributed by atoms with van der Waals surface area (Å²) >= 11 is 9.90. The van der Waals surface area contributed by atoms with Crippen LogP contribution in [0, 0.1) is 4.77 Å². The molecule has 2 N–H and O–H groups in total. The fraction of sp³-hybridized carbons (Fsp3) is 0.150. The highest BCUT2D eigenvalue weighted by atomic mass is 32.2. The van der Waals surface area contributed by atoms with Gasteiger partial charge in [-0.3, -0.25) is 19.8 Å². The fourth-order valence-electron chi connectivity index (χ4n) is 2.75. The van der Waals surface area contributed by atoms with Gasteiger partial charge in [0.1, 0.15) is 5.82 Å². The Kier molecular flexibility index (Phi) is 7.07. The summed E-state index contributed by atoms with van der Waals surface area (Å²) in [5.41, 5.74) is 4.29. The molecular weight excluding hydrogens is 469 g/mol. The molecule has 3 aromatic heterocycles. The minimum absolute atomic E-state index is 0.189. The van der Waals surface area contributed by atoms with Crippen molar-refractivity contribution in [2.45, 2.75) is 23.6 Å². The molecule has 1 amide bonds. The van der Waals surface area contributed by atoms with Gasteiger partial charge in [-0.05, 0) is 36.5 Å². The Hall–Kier alpha value is -2.60. The van der Waals surface area contributed by atoms with Crippen LogP contribution in [0.3, 0.4) is 0 Å². The van der Waals surface area contributed by atoms with E-state index in [0.717, 1.165) is 27.9 Å². The Morgan fingerprint density at radius 3 is 2.87 bits per heavy atom. The van der Waals surface area contributed by atoms with E-state index >= 15 is 0 Å². The maximum absolute atomic E-state index is 12.6. The van der Waals surface area contributed by atoms with Gasteiger partial charge in [0.15, 0.2) is 9.90 Å². The molecule has 0 aliphatic heterocycles. The number of nitrogens with one attached hydrogen (secondary N) is 2. The predicted molar refractivity (Wildman–Crippen MR) is 129 cm³/mol. The van der Waals surface area contributed by atoms with Crippen LogP contribution in [0.4, 0.5) is 5.13 Å². The second-order valence-corrected chi connectivity index (χ2v) is 9.42. The first-order valence-corrected chi connectivity index (χ1v) is 12.4. The summed E-state index contributed by atoms with van der Waals surface area (Å²) in [4.78, 5) is 22.5. The van der Waals surface area contributed by atoms with Crippen molar-refractivity contribution in [1.29, 1.82) is 0 Å². The molecule has 4 aromatic rings. The predicted octanol–water partition coefficient (Wildman–Crippen LogP) is 5.18. The molecule has 0 radical (unpaired) electrons. The summed E-state index contributed by atoms with van der Waals surface area (Å²) in [5.74, 6) is 1.40. The Balaban J connectivity index is 1.35. The minimum atomic E-state index is -0.189. The lowest BCUT2D eigenvalue weighted by molar-refractivity contribution is 0.102. The van der Waals surface area contributed by atoms with Gasteiger partial charge in [0.25, 0.3) is 5.91 Å². The van der Waals surface area contributed by atoms with Crippen LogP contribution < -0.4 is 5.32 Å². The number of carbonyl (C=O) groups is 1. The molecule has 7 nitrogen and oxygen atoms in total. The molecule has 0 unspecified atom stereocenters. The van der Waals surface area contributed by atoms with E-state index in [-0.39, 0.29) is 5.91 Å². The van der Waals surface area contributed by atoms with E-state index in [1.807, 2.05) is 45.1 Å². The van der Waals surface area contributed by atoms with Gasteiger partial charge in [0.2, 0.25) is 0 Å². The summed E-state index contributed by atoms with van der Waals surface area (Å²) in [7, 11) is 0. The quantitative estimate of drug-likeness (QED) is 0.193. The van der Waals surface area contributed by atoms with Crippen molar-refractivity contribution >= 4 is 57.7 Å². The molecule has 0 spiro atoms. The largest absolute Gasteiger partial charge is 0.300 e. The van der Waals surface area contributed by atoms with E-state index in [4.69, 9.17) is 12.2 Å². The van der Waals surface area contributed by atoms with Crippen molar-refractivity contribution in [2.24, 2.45) is 0 Å². The summed E-state index contributed by atoms with van der Waals surface area (Å²) in [6.07, 6.45) is 2.28. The first-order chi connectivity index (χ1) is 15.1. The number of hydrogen-bond donors (Lipinski definition) is 2. The van der Waals surface area contributed by atoms with Gasteiger partial charge in [-0.1, -0.05) is 6.08 Å². The Morgan fingerprint density at radius 1 is 1.29 bits per heavy atom. The normalized spacial score (nSPS) is 10.8. The highest BCUT2D eigenvalue weighted by molar-refractivity contribution is 7.98. The lowest BCUT2D eigenvalue weighted by Crippen LogP contribution is -2.11. The van der Waals surface area contributed by atoms with Crippen LogP contribution >= 0.6 is 46.7 Å². The zero-order valence-electron chi connectivity index (χ0n) is 16.3. The topological polar surface area (TPSA) is 88.5 Å². The van der Waals surface area contributed by atoms with E-state index in [1.54, 1.807) is 29.2 Å². The van der Waals surface area contributed by atoms with Crippen molar-refractivity contribution in [1.82, 2.24) is 24.7 Å². The van der Waals surface area contributed by atoms with Crippen molar-refractivity contribution in [3.63, 3.8) is 0 Å². The van der Waals surface area contributed by atoms with Crippen LogP contribution in [0.15, 0.2) is 58.1 Å². The molecule has 3 heterocycles. The van der Waals surface area contributed by atoms with E-state index in [0.29, 0.717) is 28.4 Å². The van der Waals surface area contributed by atoms with E-state index in [9.17, 15) is 4.79 Å². The van der Waals surface area contributed by atoms with Crippen LogP contribution in [0.1, 0.15) is 27.6 Å². The molecular formula is C20H18N6OS4. The Morgan fingerprint density at radius 2 is 2.13 bits per heavy atom. The first kappa shape index (κ1) is 21.6. The van der Waals surface area contributed by atoms with E-state index in [2.05, 4.69) is 32.1 Å². The van der Waals surface area contributed by atoms with Crippen LogP contribution in [-0.2, 0) is 18.7 Å². The van der Waals surface area contributed by atoms with Gasteiger partial charge < -0.3 is 0 Å². The average molecular weight is 487 g/mol. The number of allylic oxidation sites excluding steroid dienone is 1. The number of benzene rings is 1. The first-order valence-electron chi connectivity index (χ1n) is 9.23. The van der Waals surface area contributed by atoms with Crippen molar-refractivity contribution in [3.8, 4) is 0 Å². The average Bonchev–Trinajstić information content (AvgIpc) is 3.52. The number of hydrogen-bond acceptors (Lipinski definition) is 8. The molecule has 0 atom stereocenters. The van der Waals surface area contributed by atoms with Crippen LogP contribution in [0.25, 0.3) is 0 Å². The highest BCUT2D eigenvalue weighted by Crippen LogP contribution is 2.24. The molecule has 0 saturated carbocycles. The summed E-state index contributed by atoms with van der Waals surface area (Å²) in [6, 6.07) is 7.53. The maximum atomic E-state index is 12.6. The Labute approximate surface area is 196 Å². The van der Waals surface area contributed by atoms with Gasteiger partial charge >= 0.3 is 0 Å². The van der Waals surface area contributed by atoms with Crippen molar-refractivity contribution in [2.75, 3.05) is 5.32 Å². The Bertz CT molecular complexity index is 1220. The third-order valence-electron chi connectivity index (χ3n) is 4.25. The summed E-state index contributed by atoms with van der Waals surface area (Å²) in [5, 5.41) is 14.4. The fourth-order valence-corrected chi connectivity index (χ4v) is 5.14. The second kappa shape index (κ2) is 10.1. The molecule has 0 aliphatic rings. The smallest absolute Gasteiger partial charge is 0.257 e. The lowest BCUT2D eigenvalue weighted by atomic mass is 10.2. The zero-order valence-corrected chi connectivity index (χ0v) is 19.5. The van der Waals surface area contributed by atoms with Gasteiger partial charge in [0.05, 0.1) is 23.3 Å². The number of thioether (sulfide) groups is 1. The minimum Gasteiger partial charge on any atom is -0.300 e. The maximum Gasteiger partial charge on any atom is 0.257 e. The molecule has 31 heavy (non-hydrogen) atoms. The molecule has 0 bridgehead atoms. The van der Waals surface area contributed by atoms with Gasteiger partial charge in [-0.15, -0.1) is 41.0 Å². The van der Waals surface area contributed by atoms with E-state index in [1.165, 1.54) is 11.3 Å². The third kappa shape index (κ3) is 5.56. The lowest BCUT2D eigenvalue weighted by Gasteiger charge is -2.04. The van der Waals surface area contributed by atoms with Gasteiger partial charge in [-0.2, -0.15) is 5.10 Å². The number of aromatic amines is 1. The van der Waals surface area contributed by atoms with Crippen molar-refractivity contribution in [3.05, 3.63) is 80.7 Å². The standard InChI is InChI=1S/C20H18N6OS4/c1-2-7-26-17(24-25-20(26)28)8-14-10-31-19(22-14)23-18(27)13-3-5-16(6-4-13)30-11-15-9-29-12-21-15/h2-6,9-10,12H,1,7-8,11H2,(H,25,28)(H,22,23,27). The second-order valence-electron chi connectivity index (χ2n) is 6.41. The number of carbonyl (C=O) groups excluding carboxylic acids is 1. The van der Waals surface area contributed by atoms with E-state index < -0.39 is 0 Å². The number of rotatable bonds is 9. The summed E-state index contributed by atoms with van der Waals surface area (Å²) < 4.78 is 2.42. The highest BCUT2D eigenvalue weighted by Gasteiger charge is 2.12. The van der Waals surface area contributed by atoms with Crippen molar-refractivity contribution < 1.29 is 4.79 Å². The molecule has 0 aliphatic carbocycles. The number of nitrogens with zero attached hydrogens (tertiary/aromatic N) is 4. The number of amides is 1. The third-order valence-corrected chi connectivity index (χ3v) is 7.05. The zero-order chi connectivity index (χ0) is 21.6. The number of H-pyrrole nitrogens is 1. The molecule has 4 rings (SSSR count). The molecule has 158 valence electrons. The van der Waals surface area contributed by atoms with Crippen LogP contribution in [0.2, 0.25) is 0 Å². The molecule has 1 aromatic carbocycles. The van der Waals surface area contributed by atoms with Crippen LogP contribution in [-0.4, -0.2) is 30.6 Å². The SMILES string of the molecule is C=CCn1c(Cc2csc(NC(=O)c3ccc(SCc4cscn4)cc3)n2)n[nH]c1=S. The number of aromatic nitrogens is 5. The van der Waals surface area contributed by atoms with Gasteiger partial charge in [-0.25, -0.2) is 9.97 Å². The number of anilines is 1.